The molecule has 1 heterocycles. The van der Waals surface area contributed by atoms with Crippen molar-refractivity contribution in [2.24, 2.45) is 11.1 Å². The van der Waals surface area contributed by atoms with Crippen LogP contribution < -0.4 is 11.1 Å². The highest BCUT2D eigenvalue weighted by molar-refractivity contribution is 5.82. The number of aromatic nitrogens is 1. The molecule has 1 aliphatic rings. The molecule has 1 aromatic rings. The largest absolute Gasteiger partial charge is 0.444 e. The van der Waals surface area contributed by atoms with Gasteiger partial charge in [0, 0.05) is 6.54 Å². The Hall–Kier alpha value is -1.36. The van der Waals surface area contributed by atoms with Gasteiger partial charge in [-0.2, -0.15) is 0 Å². The molecule has 0 unspecified atom stereocenters. The van der Waals surface area contributed by atoms with Crippen molar-refractivity contribution in [2.75, 3.05) is 6.54 Å². The molecule has 0 aromatic carbocycles. The summed E-state index contributed by atoms with van der Waals surface area (Å²) in [5.41, 5.74) is 6.38. The van der Waals surface area contributed by atoms with Crippen LogP contribution in [0.15, 0.2) is 4.42 Å². The van der Waals surface area contributed by atoms with E-state index < -0.39 is 5.41 Å². The van der Waals surface area contributed by atoms with Crippen LogP contribution in [0.2, 0.25) is 0 Å². The number of hydrogen-bond acceptors (Lipinski definition) is 4. The van der Waals surface area contributed by atoms with Gasteiger partial charge in [0.05, 0.1) is 17.7 Å². The Morgan fingerprint density at radius 3 is 2.45 bits per heavy atom. The first-order valence-electron chi connectivity index (χ1n) is 7.49. The first-order chi connectivity index (χ1) is 9.57. The van der Waals surface area contributed by atoms with Crippen LogP contribution in [0, 0.1) is 19.3 Å². The van der Waals surface area contributed by atoms with Crippen LogP contribution in [0.1, 0.15) is 55.9 Å². The Morgan fingerprint density at radius 2 is 1.95 bits per heavy atom. The first kappa shape index (κ1) is 15.0. The Balaban J connectivity index is 1.98. The number of rotatable bonds is 4. The third-order valence-electron chi connectivity index (χ3n) is 4.41. The lowest BCUT2D eigenvalue weighted by atomic mass is 9.79. The SMILES string of the molecule is Cc1nc(CNC(=O)C2(CN)CCCCCC2)oc1C. The highest BCUT2D eigenvalue weighted by atomic mass is 16.4. The van der Waals surface area contributed by atoms with Crippen molar-refractivity contribution in [3.05, 3.63) is 17.3 Å². The minimum Gasteiger partial charge on any atom is -0.444 e. The van der Waals surface area contributed by atoms with Gasteiger partial charge in [-0.05, 0) is 26.7 Å². The number of oxazole rings is 1. The number of hydrogen-bond donors (Lipinski definition) is 2. The summed E-state index contributed by atoms with van der Waals surface area (Å²) in [5.74, 6) is 1.42. The maximum absolute atomic E-state index is 12.5. The Morgan fingerprint density at radius 1 is 1.30 bits per heavy atom. The fourth-order valence-electron chi connectivity index (χ4n) is 2.89. The van der Waals surface area contributed by atoms with Gasteiger partial charge in [0.25, 0.3) is 0 Å². The lowest BCUT2D eigenvalue weighted by Gasteiger charge is -2.29. The van der Waals surface area contributed by atoms with Crippen LogP contribution >= 0.6 is 0 Å². The van der Waals surface area contributed by atoms with Gasteiger partial charge < -0.3 is 15.5 Å². The van der Waals surface area contributed by atoms with E-state index in [0.29, 0.717) is 19.0 Å². The fourth-order valence-corrected chi connectivity index (χ4v) is 2.89. The molecule has 20 heavy (non-hydrogen) atoms. The topological polar surface area (TPSA) is 81.2 Å². The molecule has 2 rings (SSSR count). The second kappa shape index (κ2) is 6.39. The molecule has 5 heteroatoms. The monoisotopic (exact) mass is 279 g/mol. The Bertz CT molecular complexity index is 440. The normalized spacial score (nSPS) is 18.6. The number of carbonyl (C=O) groups excluding carboxylic acids is 1. The summed E-state index contributed by atoms with van der Waals surface area (Å²) >= 11 is 0. The van der Waals surface area contributed by atoms with Crippen LogP contribution in [0.25, 0.3) is 0 Å². The number of nitrogens with zero attached hydrogens (tertiary/aromatic N) is 1. The van der Waals surface area contributed by atoms with E-state index in [4.69, 9.17) is 10.2 Å². The molecule has 0 radical (unpaired) electrons. The van der Waals surface area contributed by atoms with Crippen LogP contribution in [-0.4, -0.2) is 17.4 Å². The summed E-state index contributed by atoms with van der Waals surface area (Å²) in [6.45, 7) is 4.54. The van der Waals surface area contributed by atoms with E-state index in [1.165, 1.54) is 12.8 Å². The molecule has 0 atom stereocenters. The molecule has 1 saturated carbocycles. The quantitative estimate of drug-likeness (QED) is 0.828. The van der Waals surface area contributed by atoms with Gasteiger partial charge in [0.2, 0.25) is 11.8 Å². The molecular weight excluding hydrogens is 254 g/mol. The van der Waals surface area contributed by atoms with Crippen molar-refractivity contribution in [3.8, 4) is 0 Å². The van der Waals surface area contributed by atoms with Gasteiger partial charge in [-0.3, -0.25) is 4.79 Å². The zero-order chi connectivity index (χ0) is 14.6. The van der Waals surface area contributed by atoms with Gasteiger partial charge in [-0.1, -0.05) is 25.7 Å². The van der Waals surface area contributed by atoms with Crippen molar-refractivity contribution in [1.29, 1.82) is 0 Å². The molecule has 0 bridgehead atoms. The molecule has 0 saturated heterocycles. The van der Waals surface area contributed by atoms with Crippen molar-refractivity contribution >= 4 is 5.91 Å². The second-order valence-corrected chi connectivity index (χ2v) is 5.83. The van der Waals surface area contributed by atoms with E-state index in [1.807, 2.05) is 13.8 Å². The molecule has 112 valence electrons. The van der Waals surface area contributed by atoms with Crippen molar-refractivity contribution in [1.82, 2.24) is 10.3 Å². The van der Waals surface area contributed by atoms with Crippen LogP contribution in [0.5, 0.6) is 0 Å². The van der Waals surface area contributed by atoms with E-state index in [2.05, 4.69) is 10.3 Å². The van der Waals surface area contributed by atoms with Gasteiger partial charge in [-0.25, -0.2) is 4.98 Å². The maximum Gasteiger partial charge on any atom is 0.227 e. The van der Waals surface area contributed by atoms with Crippen molar-refractivity contribution < 1.29 is 9.21 Å². The van der Waals surface area contributed by atoms with E-state index in [1.54, 1.807) is 0 Å². The lowest BCUT2D eigenvalue weighted by molar-refractivity contribution is -0.131. The summed E-state index contributed by atoms with van der Waals surface area (Å²) < 4.78 is 5.49. The number of nitrogens with one attached hydrogen (secondary N) is 1. The van der Waals surface area contributed by atoms with Crippen molar-refractivity contribution in [3.63, 3.8) is 0 Å². The average Bonchev–Trinajstić information content (AvgIpc) is 2.67. The molecule has 0 aliphatic heterocycles. The zero-order valence-corrected chi connectivity index (χ0v) is 12.5. The van der Waals surface area contributed by atoms with E-state index in [0.717, 1.165) is 37.1 Å². The number of aryl methyl sites for hydroxylation is 2. The highest BCUT2D eigenvalue weighted by Gasteiger charge is 2.37. The molecule has 1 aromatic heterocycles. The predicted octanol–water partition coefficient (Wildman–Crippen LogP) is 2.21. The summed E-state index contributed by atoms with van der Waals surface area (Å²) in [7, 11) is 0. The lowest BCUT2D eigenvalue weighted by Crippen LogP contribution is -2.45. The Kier molecular flexibility index (Phi) is 4.81. The summed E-state index contributed by atoms with van der Waals surface area (Å²) in [5, 5.41) is 2.95. The smallest absolute Gasteiger partial charge is 0.227 e. The van der Waals surface area contributed by atoms with Gasteiger partial charge >= 0.3 is 0 Å². The summed E-state index contributed by atoms with van der Waals surface area (Å²) in [4.78, 5) is 16.8. The molecule has 1 amide bonds. The summed E-state index contributed by atoms with van der Waals surface area (Å²) in [6, 6.07) is 0. The molecule has 5 nitrogen and oxygen atoms in total. The van der Waals surface area contributed by atoms with Crippen LogP contribution in [-0.2, 0) is 11.3 Å². The zero-order valence-electron chi connectivity index (χ0n) is 12.5. The van der Waals surface area contributed by atoms with E-state index in [-0.39, 0.29) is 5.91 Å². The average molecular weight is 279 g/mol. The highest BCUT2D eigenvalue weighted by Crippen LogP contribution is 2.34. The third kappa shape index (κ3) is 3.20. The number of amides is 1. The minimum absolute atomic E-state index is 0.0513. The Labute approximate surface area is 120 Å². The van der Waals surface area contributed by atoms with Gasteiger partial charge in [0.15, 0.2) is 0 Å². The standard InChI is InChI=1S/C15H25N3O2/c1-11-12(2)20-13(18-11)9-17-14(19)15(10-16)7-5-3-4-6-8-15/h3-10,16H2,1-2H3,(H,17,19). The first-order valence-corrected chi connectivity index (χ1v) is 7.49. The van der Waals surface area contributed by atoms with Crippen LogP contribution in [0.4, 0.5) is 0 Å². The van der Waals surface area contributed by atoms with Gasteiger partial charge in [0.1, 0.15) is 5.76 Å². The third-order valence-corrected chi connectivity index (χ3v) is 4.41. The minimum atomic E-state index is -0.396. The molecule has 1 fully saturated rings. The molecule has 3 N–H and O–H groups in total. The van der Waals surface area contributed by atoms with E-state index >= 15 is 0 Å². The molecule has 0 spiro atoms. The molecule has 1 aliphatic carbocycles. The number of nitrogens with two attached hydrogens (primary N) is 1. The second-order valence-electron chi connectivity index (χ2n) is 5.83. The molecular formula is C15H25N3O2. The fraction of sp³-hybridized carbons (Fsp3) is 0.733. The van der Waals surface area contributed by atoms with E-state index in [9.17, 15) is 4.79 Å². The summed E-state index contributed by atoms with van der Waals surface area (Å²) in [6.07, 6.45) is 6.35. The maximum atomic E-state index is 12.5. The predicted molar refractivity (Wildman–Crippen MR) is 77.0 cm³/mol. The van der Waals surface area contributed by atoms with Crippen LogP contribution in [0.3, 0.4) is 0 Å². The van der Waals surface area contributed by atoms with Gasteiger partial charge in [-0.15, -0.1) is 0 Å². The van der Waals surface area contributed by atoms with Crippen molar-refractivity contribution in [2.45, 2.75) is 58.9 Å². The number of carbonyl (C=O) groups is 1.